The zero-order valence-electron chi connectivity index (χ0n) is 12.3. The van der Waals surface area contributed by atoms with Crippen LogP contribution in [0.25, 0.3) is 0 Å². The lowest BCUT2D eigenvalue weighted by atomic mass is 10.2. The zero-order chi connectivity index (χ0) is 14.7. The van der Waals surface area contributed by atoms with E-state index in [-0.39, 0.29) is 12.0 Å². The van der Waals surface area contributed by atoms with Crippen LogP contribution in [0.4, 0.5) is 0 Å². The van der Waals surface area contributed by atoms with Crippen molar-refractivity contribution >= 4 is 5.91 Å². The van der Waals surface area contributed by atoms with E-state index in [0.717, 1.165) is 18.0 Å². The van der Waals surface area contributed by atoms with Gasteiger partial charge in [-0.25, -0.2) is 0 Å². The Labute approximate surface area is 123 Å². The van der Waals surface area contributed by atoms with Gasteiger partial charge in [-0.05, 0) is 6.92 Å². The van der Waals surface area contributed by atoms with Crippen LogP contribution in [0.1, 0.15) is 11.5 Å². The van der Waals surface area contributed by atoms with Gasteiger partial charge < -0.3 is 18.9 Å². The molecule has 2 aliphatic heterocycles. The van der Waals surface area contributed by atoms with Crippen LogP contribution in [-0.2, 0) is 20.8 Å². The average Bonchev–Trinajstić information content (AvgIpc) is 2.93. The van der Waals surface area contributed by atoms with Gasteiger partial charge in [-0.1, -0.05) is 5.16 Å². The monoisotopic (exact) mass is 295 g/mol. The molecule has 0 N–H and O–H groups in total. The topological polar surface area (TPSA) is 68.0 Å². The summed E-state index contributed by atoms with van der Waals surface area (Å²) in [5, 5.41) is 4.00. The fourth-order valence-corrected chi connectivity index (χ4v) is 2.70. The van der Waals surface area contributed by atoms with Gasteiger partial charge in [0.15, 0.2) is 0 Å². The molecule has 1 aromatic heterocycles. The number of ether oxygens (including phenoxy) is 2. The highest BCUT2D eigenvalue weighted by Gasteiger charge is 2.31. The molecular formula is C14H21N3O4. The molecular weight excluding hydrogens is 274 g/mol. The van der Waals surface area contributed by atoms with Crippen molar-refractivity contribution in [3.8, 4) is 0 Å². The molecule has 21 heavy (non-hydrogen) atoms. The van der Waals surface area contributed by atoms with Gasteiger partial charge in [-0.2, -0.15) is 0 Å². The van der Waals surface area contributed by atoms with E-state index in [9.17, 15) is 4.79 Å². The molecule has 2 saturated heterocycles. The summed E-state index contributed by atoms with van der Waals surface area (Å²) in [5.74, 6) is 0.874. The van der Waals surface area contributed by atoms with Crippen LogP contribution >= 0.6 is 0 Å². The number of carbonyl (C=O) groups is 1. The second kappa shape index (κ2) is 6.55. The lowest BCUT2D eigenvalue weighted by Crippen LogP contribution is -2.53. The Kier molecular flexibility index (Phi) is 4.52. The van der Waals surface area contributed by atoms with E-state index in [1.165, 1.54) is 0 Å². The standard InChI is InChI=1S/C14H21N3O4/c1-11-8-12(15-21-11)9-16-2-7-20-13(10-16)14(18)17-3-5-19-6-4-17/h8,13H,2-7,9-10H2,1H3. The molecule has 1 atom stereocenters. The maximum atomic E-state index is 12.4. The molecule has 0 spiro atoms. The summed E-state index contributed by atoms with van der Waals surface area (Å²) in [6, 6.07) is 1.92. The van der Waals surface area contributed by atoms with Crippen molar-refractivity contribution in [1.29, 1.82) is 0 Å². The highest BCUT2D eigenvalue weighted by molar-refractivity contribution is 5.81. The van der Waals surface area contributed by atoms with E-state index in [1.807, 2.05) is 17.9 Å². The van der Waals surface area contributed by atoms with Crippen molar-refractivity contribution in [2.45, 2.75) is 19.6 Å². The average molecular weight is 295 g/mol. The third kappa shape index (κ3) is 3.61. The first-order valence-corrected chi connectivity index (χ1v) is 7.35. The maximum absolute atomic E-state index is 12.4. The van der Waals surface area contributed by atoms with Gasteiger partial charge in [-0.3, -0.25) is 9.69 Å². The Morgan fingerprint density at radius 2 is 2.14 bits per heavy atom. The van der Waals surface area contributed by atoms with Crippen molar-refractivity contribution in [3.63, 3.8) is 0 Å². The van der Waals surface area contributed by atoms with Gasteiger partial charge in [-0.15, -0.1) is 0 Å². The smallest absolute Gasteiger partial charge is 0.253 e. The van der Waals surface area contributed by atoms with Crippen LogP contribution in [0.15, 0.2) is 10.6 Å². The van der Waals surface area contributed by atoms with Crippen molar-refractivity contribution in [1.82, 2.24) is 15.0 Å². The van der Waals surface area contributed by atoms with E-state index in [1.54, 1.807) is 0 Å². The molecule has 1 unspecified atom stereocenters. The SMILES string of the molecule is Cc1cc(CN2CCOC(C(=O)N3CCOCC3)C2)no1. The van der Waals surface area contributed by atoms with Gasteiger partial charge >= 0.3 is 0 Å². The number of carbonyl (C=O) groups excluding carboxylic acids is 1. The van der Waals surface area contributed by atoms with Crippen LogP contribution in [-0.4, -0.2) is 73.0 Å². The van der Waals surface area contributed by atoms with Gasteiger partial charge in [0.25, 0.3) is 5.91 Å². The summed E-state index contributed by atoms with van der Waals surface area (Å²) in [6.07, 6.45) is -0.384. The Morgan fingerprint density at radius 1 is 1.33 bits per heavy atom. The number of amides is 1. The second-order valence-electron chi connectivity index (χ2n) is 5.46. The van der Waals surface area contributed by atoms with Crippen molar-refractivity contribution in [3.05, 3.63) is 17.5 Å². The summed E-state index contributed by atoms with van der Waals surface area (Å²) in [5.41, 5.74) is 0.895. The van der Waals surface area contributed by atoms with E-state index in [0.29, 0.717) is 46.0 Å². The largest absolute Gasteiger partial charge is 0.378 e. The van der Waals surface area contributed by atoms with E-state index < -0.39 is 0 Å². The first-order valence-electron chi connectivity index (χ1n) is 7.35. The molecule has 0 saturated carbocycles. The molecule has 0 bridgehead atoms. The minimum Gasteiger partial charge on any atom is -0.378 e. The fraction of sp³-hybridized carbons (Fsp3) is 0.714. The van der Waals surface area contributed by atoms with E-state index in [4.69, 9.17) is 14.0 Å². The van der Waals surface area contributed by atoms with E-state index >= 15 is 0 Å². The first-order chi connectivity index (χ1) is 10.2. The number of morpholine rings is 2. The molecule has 7 nitrogen and oxygen atoms in total. The minimum atomic E-state index is -0.384. The Hall–Kier alpha value is -1.44. The normalized spacial score (nSPS) is 24.2. The Balaban J connectivity index is 1.56. The number of aromatic nitrogens is 1. The summed E-state index contributed by atoms with van der Waals surface area (Å²) in [7, 11) is 0. The van der Waals surface area contributed by atoms with E-state index in [2.05, 4.69) is 10.1 Å². The number of rotatable bonds is 3. The Morgan fingerprint density at radius 3 is 2.86 bits per heavy atom. The summed E-state index contributed by atoms with van der Waals surface area (Å²) < 4.78 is 16.0. The molecule has 0 radical (unpaired) electrons. The fourth-order valence-electron chi connectivity index (χ4n) is 2.70. The van der Waals surface area contributed by atoms with Crippen LogP contribution in [0, 0.1) is 6.92 Å². The third-order valence-electron chi connectivity index (χ3n) is 3.81. The van der Waals surface area contributed by atoms with Gasteiger partial charge in [0.1, 0.15) is 11.9 Å². The van der Waals surface area contributed by atoms with Gasteiger partial charge in [0, 0.05) is 38.8 Å². The molecule has 7 heteroatoms. The van der Waals surface area contributed by atoms with Crippen LogP contribution in [0.5, 0.6) is 0 Å². The predicted molar refractivity (Wildman–Crippen MR) is 73.7 cm³/mol. The van der Waals surface area contributed by atoms with Crippen LogP contribution in [0.2, 0.25) is 0 Å². The molecule has 2 aliphatic rings. The zero-order valence-corrected chi connectivity index (χ0v) is 12.3. The van der Waals surface area contributed by atoms with Crippen LogP contribution in [0.3, 0.4) is 0 Å². The predicted octanol–water partition coefficient (Wildman–Crippen LogP) is 0.0426. The molecule has 1 aromatic rings. The summed E-state index contributed by atoms with van der Waals surface area (Å²) in [6.45, 7) is 7.07. The number of hydrogen-bond acceptors (Lipinski definition) is 6. The molecule has 0 aliphatic carbocycles. The Bertz CT molecular complexity index is 484. The molecule has 0 aromatic carbocycles. The second-order valence-corrected chi connectivity index (χ2v) is 5.46. The van der Waals surface area contributed by atoms with Crippen molar-refractivity contribution in [2.24, 2.45) is 0 Å². The number of hydrogen-bond donors (Lipinski definition) is 0. The molecule has 2 fully saturated rings. The summed E-state index contributed by atoms with van der Waals surface area (Å²) >= 11 is 0. The van der Waals surface area contributed by atoms with Crippen LogP contribution < -0.4 is 0 Å². The van der Waals surface area contributed by atoms with Crippen molar-refractivity contribution < 1.29 is 18.8 Å². The molecule has 116 valence electrons. The van der Waals surface area contributed by atoms with Crippen molar-refractivity contribution in [2.75, 3.05) is 46.0 Å². The summed E-state index contributed by atoms with van der Waals surface area (Å²) in [4.78, 5) is 16.5. The minimum absolute atomic E-state index is 0.0688. The molecule has 3 heterocycles. The maximum Gasteiger partial charge on any atom is 0.253 e. The lowest BCUT2D eigenvalue weighted by Gasteiger charge is -2.35. The number of aryl methyl sites for hydroxylation is 1. The first kappa shape index (κ1) is 14.5. The van der Waals surface area contributed by atoms with Gasteiger partial charge in [0.05, 0.1) is 25.5 Å². The highest BCUT2D eigenvalue weighted by Crippen LogP contribution is 2.13. The number of nitrogens with zero attached hydrogens (tertiary/aromatic N) is 3. The molecule has 1 amide bonds. The lowest BCUT2D eigenvalue weighted by molar-refractivity contribution is -0.153. The molecule has 3 rings (SSSR count). The highest BCUT2D eigenvalue weighted by atomic mass is 16.5. The third-order valence-corrected chi connectivity index (χ3v) is 3.81. The quantitative estimate of drug-likeness (QED) is 0.784. The van der Waals surface area contributed by atoms with Gasteiger partial charge in [0.2, 0.25) is 0 Å².